The van der Waals surface area contributed by atoms with Crippen LogP contribution in [-0.4, -0.2) is 14.8 Å². The number of nitrogens with one attached hydrogen (secondary N) is 2. The summed E-state index contributed by atoms with van der Waals surface area (Å²) in [7, 11) is 0. The molecule has 0 amide bonds. The van der Waals surface area contributed by atoms with E-state index in [2.05, 4.69) is 22.0 Å². The molecular weight excluding hydrogens is 158 g/mol. The largest absolute Gasteiger partial charge is 0.344 e. The van der Waals surface area contributed by atoms with Crippen molar-refractivity contribution in [2.45, 2.75) is 19.9 Å². The maximum atomic E-state index is 10.9. The molecule has 1 rings (SSSR count). The predicted molar refractivity (Wildman–Crippen MR) is 43.7 cm³/mol. The van der Waals surface area contributed by atoms with Crippen molar-refractivity contribution in [3.05, 3.63) is 21.0 Å². The Balaban J connectivity index is 2.79. The smallest absolute Gasteiger partial charge is 0.247 e. The van der Waals surface area contributed by atoms with E-state index in [-0.39, 0.29) is 0 Å². The zero-order valence-corrected chi connectivity index (χ0v) is 6.68. The van der Waals surface area contributed by atoms with Crippen LogP contribution in [0.25, 0.3) is 0 Å². The molecule has 0 saturated heterocycles. The summed E-state index contributed by atoms with van der Waals surface area (Å²) in [5.41, 5.74) is -0.837. The Morgan fingerprint density at radius 3 is 2.42 bits per heavy atom. The molecule has 0 aliphatic carbocycles. The van der Waals surface area contributed by atoms with Crippen LogP contribution in [0.3, 0.4) is 0 Å². The molecule has 64 valence electrons. The highest BCUT2D eigenvalue weighted by molar-refractivity contribution is 4.94. The van der Waals surface area contributed by atoms with Crippen molar-refractivity contribution in [2.24, 2.45) is 0 Å². The van der Waals surface area contributed by atoms with Gasteiger partial charge in [0.05, 0.1) is 0 Å². The molecule has 0 aliphatic rings. The number of aromatic nitrogens is 3. The molecular formula is C7H9N3O2. The topological polar surface area (TPSA) is 70.7 Å². The third-order valence-electron chi connectivity index (χ3n) is 1.40. The minimum Gasteiger partial charge on any atom is -0.247 e. The van der Waals surface area contributed by atoms with Gasteiger partial charge < -0.3 is 0 Å². The summed E-state index contributed by atoms with van der Waals surface area (Å²) in [6, 6.07) is 0. The Labute approximate surface area is 68.4 Å². The summed E-state index contributed by atoms with van der Waals surface area (Å²) < 4.78 is 1.07. The van der Waals surface area contributed by atoms with Crippen LogP contribution in [0.4, 0.5) is 0 Å². The summed E-state index contributed by atoms with van der Waals surface area (Å²) in [6.07, 6.45) is 0.511. The van der Waals surface area contributed by atoms with Gasteiger partial charge in [-0.25, -0.2) is 24.4 Å². The van der Waals surface area contributed by atoms with Crippen LogP contribution in [0.15, 0.2) is 9.59 Å². The minimum atomic E-state index is -0.419. The molecule has 0 radical (unpaired) electrons. The predicted octanol–water partition coefficient (Wildman–Crippen LogP) is -0.722. The third-order valence-corrected chi connectivity index (χ3v) is 1.40. The number of H-pyrrole nitrogens is 2. The van der Waals surface area contributed by atoms with E-state index in [0.29, 0.717) is 13.0 Å². The van der Waals surface area contributed by atoms with Crippen molar-refractivity contribution < 1.29 is 0 Å². The average Bonchev–Trinajstić information content (AvgIpc) is 2.35. The first kappa shape index (κ1) is 8.40. The Bertz CT molecular complexity index is 385. The third kappa shape index (κ3) is 1.66. The van der Waals surface area contributed by atoms with Gasteiger partial charge in [-0.15, -0.1) is 11.8 Å². The van der Waals surface area contributed by atoms with Gasteiger partial charge in [0.1, 0.15) is 0 Å². The van der Waals surface area contributed by atoms with Crippen LogP contribution >= 0.6 is 0 Å². The molecule has 5 heteroatoms. The van der Waals surface area contributed by atoms with Crippen molar-refractivity contribution in [3.8, 4) is 11.8 Å². The van der Waals surface area contributed by atoms with E-state index in [9.17, 15) is 9.59 Å². The summed E-state index contributed by atoms with van der Waals surface area (Å²) in [4.78, 5) is 21.7. The highest BCUT2D eigenvalue weighted by atomic mass is 16.2. The first-order valence-electron chi connectivity index (χ1n) is 3.53. The van der Waals surface area contributed by atoms with Crippen LogP contribution in [0, 0.1) is 11.8 Å². The fourth-order valence-electron chi connectivity index (χ4n) is 0.830. The quantitative estimate of drug-likeness (QED) is 0.570. The number of hydrogen-bond donors (Lipinski definition) is 2. The molecule has 1 aromatic heterocycles. The highest BCUT2D eigenvalue weighted by Crippen LogP contribution is 1.77. The van der Waals surface area contributed by atoms with E-state index >= 15 is 0 Å². The number of aromatic amines is 2. The summed E-state index contributed by atoms with van der Waals surface area (Å²) in [5, 5.41) is 4.37. The molecule has 5 nitrogen and oxygen atoms in total. The van der Waals surface area contributed by atoms with Crippen LogP contribution < -0.4 is 11.4 Å². The Morgan fingerprint density at radius 1 is 1.33 bits per heavy atom. The van der Waals surface area contributed by atoms with Crippen molar-refractivity contribution in [1.82, 2.24) is 14.8 Å². The van der Waals surface area contributed by atoms with Gasteiger partial charge in [0.2, 0.25) is 0 Å². The molecule has 0 saturated carbocycles. The van der Waals surface area contributed by atoms with Crippen LogP contribution in [-0.2, 0) is 6.54 Å². The van der Waals surface area contributed by atoms with Crippen LogP contribution in [0.1, 0.15) is 13.3 Å². The van der Waals surface area contributed by atoms with Gasteiger partial charge in [-0.05, 0) is 6.92 Å². The normalized spacial score (nSPS) is 9.08. The number of nitrogens with zero attached hydrogens (tertiary/aromatic N) is 1. The van der Waals surface area contributed by atoms with Crippen LogP contribution in [0.5, 0.6) is 0 Å². The van der Waals surface area contributed by atoms with E-state index in [1.54, 1.807) is 6.92 Å². The first-order valence-corrected chi connectivity index (χ1v) is 3.53. The van der Waals surface area contributed by atoms with Gasteiger partial charge in [0, 0.05) is 13.0 Å². The zero-order chi connectivity index (χ0) is 8.97. The average molecular weight is 167 g/mol. The van der Waals surface area contributed by atoms with Crippen molar-refractivity contribution in [1.29, 1.82) is 0 Å². The lowest BCUT2D eigenvalue weighted by Gasteiger charge is -1.90. The zero-order valence-electron chi connectivity index (χ0n) is 6.68. The van der Waals surface area contributed by atoms with Crippen molar-refractivity contribution >= 4 is 0 Å². The van der Waals surface area contributed by atoms with Gasteiger partial charge in [0.25, 0.3) is 0 Å². The van der Waals surface area contributed by atoms with E-state index in [0.717, 1.165) is 4.57 Å². The molecule has 0 aliphatic heterocycles. The summed E-state index contributed by atoms with van der Waals surface area (Å²) in [5.74, 6) is 5.45. The lowest BCUT2D eigenvalue weighted by Crippen LogP contribution is -2.26. The molecule has 1 aromatic rings. The van der Waals surface area contributed by atoms with Gasteiger partial charge in [-0.3, -0.25) is 0 Å². The van der Waals surface area contributed by atoms with E-state index in [1.807, 2.05) is 0 Å². The molecule has 0 spiro atoms. The standard InChI is InChI=1S/C7H9N3O2/c1-2-3-4-5-10-6(11)8-9-7(10)12/h4-5H2,1H3,(H,8,11)(H,9,12). The minimum absolute atomic E-state index is 0.332. The lowest BCUT2D eigenvalue weighted by atomic mass is 10.4. The molecule has 0 aromatic carbocycles. The van der Waals surface area contributed by atoms with E-state index in [1.165, 1.54) is 0 Å². The maximum Gasteiger partial charge on any atom is 0.344 e. The van der Waals surface area contributed by atoms with Crippen LogP contribution in [0.2, 0.25) is 0 Å². The second-order valence-corrected chi connectivity index (χ2v) is 2.19. The summed E-state index contributed by atoms with van der Waals surface area (Å²) >= 11 is 0. The van der Waals surface area contributed by atoms with Gasteiger partial charge in [0.15, 0.2) is 0 Å². The fraction of sp³-hybridized carbons (Fsp3) is 0.429. The fourth-order valence-corrected chi connectivity index (χ4v) is 0.830. The van der Waals surface area contributed by atoms with E-state index < -0.39 is 11.4 Å². The molecule has 0 bridgehead atoms. The number of rotatable bonds is 2. The maximum absolute atomic E-state index is 10.9. The SMILES string of the molecule is CC#CCCn1c(=O)[nH][nH]c1=O. The molecule has 1 heterocycles. The van der Waals surface area contributed by atoms with Gasteiger partial charge >= 0.3 is 11.4 Å². The first-order chi connectivity index (χ1) is 5.75. The van der Waals surface area contributed by atoms with Crippen molar-refractivity contribution in [3.63, 3.8) is 0 Å². The second-order valence-electron chi connectivity index (χ2n) is 2.19. The van der Waals surface area contributed by atoms with E-state index in [4.69, 9.17) is 0 Å². The highest BCUT2D eigenvalue weighted by Gasteiger charge is 1.99. The van der Waals surface area contributed by atoms with Crippen molar-refractivity contribution in [2.75, 3.05) is 0 Å². The molecule has 0 fully saturated rings. The summed E-state index contributed by atoms with van der Waals surface area (Å²) in [6.45, 7) is 2.04. The molecule has 0 unspecified atom stereocenters. The van der Waals surface area contributed by atoms with Gasteiger partial charge in [-0.1, -0.05) is 0 Å². The van der Waals surface area contributed by atoms with Gasteiger partial charge in [-0.2, -0.15) is 0 Å². The lowest BCUT2D eigenvalue weighted by molar-refractivity contribution is 0.668. The molecule has 2 N–H and O–H groups in total. The Morgan fingerprint density at radius 2 is 1.92 bits per heavy atom. The second kappa shape index (κ2) is 3.62. The monoisotopic (exact) mass is 167 g/mol. The number of hydrogen-bond acceptors (Lipinski definition) is 2. The molecule has 12 heavy (non-hydrogen) atoms. The molecule has 0 atom stereocenters. The Hall–Kier alpha value is -1.70. The Kier molecular flexibility index (Phi) is 2.53.